The SMILES string of the molecule is C[C@@H]1CC2C[C@H](OCc3c(-c4ccccc4OC(F)(F)F)noc3C3CC3)C(C1)C2Nc1nc2c(F)cc(C(=O)NCCS(=O)(=O)O)cc2s1. The number of nitrogens with zero attached hydrogens (tertiary/aromatic N) is 2. The van der Waals surface area contributed by atoms with Gasteiger partial charge in [0, 0.05) is 41.1 Å². The Morgan fingerprint density at radius 3 is 2.68 bits per heavy atom. The number of halogens is 4. The van der Waals surface area contributed by atoms with Crippen LogP contribution < -0.4 is 15.4 Å². The van der Waals surface area contributed by atoms with E-state index < -0.39 is 34.0 Å². The molecule has 3 N–H and O–H groups in total. The third-order valence-electron chi connectivity index (χ3n) is 9.58. The Kier molecular flexibility index (Phi) is 9.28. The Balaban J connectivity index is 1.08. The van der Waals surface area contributed by atoms with E-state index in [-0.39, 0.29) is 71.1 Å². The minimum atomic E-state index is -4.88. The molecule has 0 aliphatic heterocycles. The number of rotatable bonds is 12. The van der Waals surface area contributed by atoms with Crippen LogP contribution in [0.4, 0.5) is 22.7 Å². The summed E-state index contributed by atoms with van der Waals surface area (Å²) in [5, 5.41) is 10.6. The van der Waals surface area contributed by atoms with E-state index in [0.29, 0.717) is 27.1 Å². The first-order valence-corrected chi connectivity index (χ1v) is 18.7. The molecule has 268 valence electrons. The number of nitrogens with one attached hydrogen (secondary N) is 2. The zero-order chi connectivity index (χ0) is 35.4. The van der Waals surface area contributed by atoms with Crippen LogP contribution in [-0.4, -0.2) is 59.8 Å². The van der Waals surface area contributed by atoms with Crippen molar-refractivity contribution in [3.8, 4) is 17.0 Å². The summed E-state index contributed by atoms with van der Waals surface area (Å²) in [6, 6.07) is 8.32. The molecule has 0 radical (unpaired) electrons. The van der Waals surface area contributed by atoms with Crippen LogP contribution in [0.25, 0.3) is 21.5 Å². The molecule has 2 aromatic heterocycles. The minimum absolute atomic E-state index is 0.00757. The maximum Gasteiger partial charge on any atom is 0.573 e. The van der Waals surface area contributed by atoms with Gasteiger partial charge in [-0.2, -0.15) is 8.42 Å². The molecule has 1 amide bonds. The molecule has 3 aliphatic carbocycles. The van der Waals surface area contributed by atoms with Gasteiger partial charge < -0.3 is 24.6 Å². The first-order valence-electron chi connectivity index (χ1n) is 16.3. The van der Waals surface area contributed by atoms with Crippen molar-refractivity contribution in [2.45, 2.75) is 70.1 Å². The van der Waals surface area contributed by atoms with Crippen molar-refractivity contribution in [2.24, 2.45) is 17.8 Å². The van der Waals surface area contributed by atoms with Crippen LogP contribution in [0.1, 0.15) is 66.6 Å². The highest BCUT2D eigenvalue weighted by molar-refractivity contribution is 7.85. The van der Waals surface area contributed by atoms with Gasteiger partial charge in [-0.05, 0) is 68.2 Å². The molecular weight excluding hydrogens is 705 g/mol. The van der Waals surface area contributed by atoms with Gasteiger partial charge in [-0.3, -0.25) is 9.35 Å². The van der Waals surface area contributed by atoms with E-state index in [0.717, 1.165) is 38.2 Å². The van der Waals surface area contributed by atoms with Crippen molar-refractivity contribution < 1.29 is 49.3 Å². The predicted octanol–water partition coefficient (Wildman–Crippen LogP) is 6.92. The average molecular weight is 739 g/mol. The van der Waals surface area contributed by atoms with Gasteiger partial charge in [-0.15, -0.1) is 13.2 Å². The fourth-order valence-corrected chi connectivity index (χ4v) is 8.69. The van der Waals surface area contributed by atoms with Crippen molar-refractivity contribution >= 4 is 42.7 Å². The van der Waals surface area contributed by atoms with Gasteiger partial charge in [0.25, 0.3) is 16.0 Å². The van der Waals surface area contributed by atoms with Gasteiger partial charge in [0.05, 0.1) is 23.2 Å². The van der Waals surface area contributed by atoms with Crippen molar-refractivity contribution in [3.05, 3.63) is 59.1 Å². The molecule has 2 heterocycles. The molecule has 3 fully saturated rings. The Morgan fingerprint density at radius 2 is 1.94 bits per heavy atom. The quantitative estimate of drug-likeness (QED) is 0.103. The second-order valence-corrected chi connectivity index (χ2v) is 15.9. The Morgan fingerprint density at radius 1 is 1.16 bits per heavy atom. The summed E-state index contributed by atoms with van der Waals surface area (Å²) in [5.74, 6) is -0.953. The number of carbonyl (C=O) groups is 1. The van der Waals surface area contributed by atoms with E-state index >= 15 is 4.39 Å². The van der Waals surface area contributed by atoms with Crippen molar-refractivity contribution in [1.29, 1.82) is 0 Å². The number of fused-ring (bicyclic) bond motifs is 3. The molecule has 3 unspecified atom stereocenters. The number of hydrogen-bond donors (Lipinski definition) is 3. The zero-order valence-corrected chi connectivity index (χ0v) is 28.3. The smallest absolute Gasteiger partial charge is 0.405 e. The minimum Gasteiger partial charge on any atom is -0.405 e. The molecule has 0 spiro atoms. The topological polar surface area (TPSA) is 153 Å². The van der Waals surface area contributed by atoms with Gasteiger partial charge in [0.15, 0.2) is 10.9 Å². The van der Waals surface area contributed by atoms with Crippen molar-refractivity contribution in [3.63, 3.8) is 0 Å². The second-order valence-electron chi connectivity index (χ2n) is 13.3. The molecule has 3 aliphatic rings. The summed E-state index contributed by atoms with van der Waals surface area (Å²) in [6.07, 6.45) is -0.729. The lowest BCUT2D eigenvalue weighted by Crippen LogP contribution is -2.38. The lowest BCUT2D eigenvalue weighted by Gasteiger charge is -2.35. The maximum atomic E-state index is 15.1. The second kappa shape index (κ2) is 13.4. The maximum absolute atomic E-state index is 15.1. The van der Waals surface area contributed by atoms with E-state index in [1.807, 2.05) is 0 Å². The molecule has 3 saturated carbocycles. The molecule has 17 heteroatoms. The number of alkyl halides is 3. The Hall–Kier alpha value is -3.80. The van der Waals surface area contributed by atoms with E-state index in [1.54, 1.807) is 6.07 Å². The number of aromatic nitrogens is 2. The van der Waals surface area contributed by atoms with Gasteiger partial charge >= 0.3 is 6.36 Å². The highest BCUT2D eigenvalue weighted by atomic mass is 32.2. The van der Waals surface area contributed by atoms with Gasteiger partial charge in [0.1, 0.15) is 22.7 Å². The molecule has 11 nitrogen and oxygen atoms in total. The Labute approximate surface area is 288 Å². The van der Waals surface area contributed by atoms with Crippen LogP contribution in [0.2, 0.25) is 0 Å². The summed E-state index contributed by atoms with van der Waals surface area (Å²) >= 11 is 1.20. The number of anilines is 1. The van der Waals surface area contributed by atoms with Crippen LogP contribution in [0.15, 0.2) is 40.9 Å². The molecule has 4 aromatic rings. The fraction of sp³-hybridized carbons (Fsp3) is 0.485. The number of benzene rings is 2. The largest absolute Gasteiger partial charge is 0.573 e. The van der Waals surface area contributed by atoms with Crippen LogP contribution >= 0.6 is 11.3 Å². The predicted molar refractivity (Wildman–Crippen MR) is 175 cm³/mol. The molecule has 5 atom stereocenters. The molecule has 2 bridgehead atoms. The molecular formula is C33H34F4N4O7S2. The number of ether oxygens (including phenoxy) is 2. The summed E-state index contributed by atoms with van der Waals surface area (Å²) in [5.41, 5.74) is 1.13. The monoisotopic (exact) mass is 738 g/mol. The van der Waals surface area contributed by atoms with Crippen LogP contribution in [-0.2, 0) is 21.5 Å². The average Bonchev–Trinajstić information content (AvgIpc) is 3.59. The number of hydrogen-bond acceptors (Lipinski definition) is 10. The molecule has 7 rings (SSSR count). The third kappa shape index (κ3) is 7.60. The number of thiazole rings is 1. The molecule has 50 heavy (non-hydrogen) atoms. The van der Waals surface area contributed by atoms with Gasteiger partial charge in [-0.25, -0.2) is 9.37 Å². The first kappa shape index (κ1) is 34.6. The summed E-state index contributed by atoms with van der Waals surface area (Å²) in [6.45, 7) is 1.95. The Bertz CT molecular complexity index is 2010. The van der Waals surface area contributed by atoms with E-state index in [4.69, 9.17) is 13.8 Å². The highest BCUT2D eigenvalue weighted by Gasteiger charge is 2.49. The van der Waals surface area contributed by atoms with Crippen molar-refractivity contribution in [1.82, 2.24) is 15.5 Å². The zero-order valence-electron chi connectivity index (χ0n) is 26.7. The summed E-state index contributed by atoms with van der Waals surface area (Å²) in [7, 11) is -4.27. The summed E-state index contributed by atoms with van der Waals surface area (Å²) < 4.78 is 103. The van der Waals surface area contributed by atoms with E-state index in [1.165, 1.54) is 35.6 Å². The number of para-hydroxylation sites is 1. The van der Waals surface area contributed by atoms with E-state index in [9.17, 15) is 26.4 Å². The first-order chi connectivity index (χ1) is 23.7. The van der Waals surface area contributed by atoms with Crippen molar-refractivity contribution in [2.75, 3.05) is 17.6 Å². The van der Waals surface area contributed by atoms with Gasteiger partial charge in [0.2, 0.25) is 0 Å². The van der Waals surface area contributed by atoms with Gasteiger partial charge in [-0.1, -0.05) is 35.5 Å². The van der Waals surface area contributed by atoms with Crippen LogP contribution in [0, 0.1) is 23.6 Å². The van der Waals surface area contributed by atoms with E-state index in [2.05, 4.69) is 32.4 Å². The van der Waals surface area contributed by atoms with Crippen LogP contribution in [0.5, 0.6) is 5.75 Å². The fourth-order valence-electron chi connectivity index (χ4n) is 7.36. The normalized spacial score (nSPS) is 23.7. The number of carbonyl (C=O) groups excluding carboxylic acids is 1. The third-order valence-corrected chi connectivity index (χ3v) is 11.2. The standard InChI is InChI=1S/C33H34F4N4O7S2/c1-16-10-18-13-25(46-15-22-28(41-48-30(22)17-6-7-17)20-4-2-3-5-24(20)47-33(35,36)37)21(11-16)27(18)39-32-40-29-23(34)12-19(14-26(29)49-32)31(42)38-8-9-50(43,44)45/h2-5,12,14,16-18,21,25,27H,6-11,13,15H2,1H3,(H,38,42)(H,39,40)(H,43,44,45)/t16-,18?,21?,25+,27?/m1/s1. The lowest BCUT2D eigenvalue weighted by atomic mass is 9.78. The van der Waals surface area contributed by atoms with Crippen LogP contribution in [0.3, 0.4) is 0 Å². The number of amides is 1. The summed E-state index contributed by atoms with van der Waals surface area (Å²) in [4.78, 5) is 17.0. The molecule has 0 saturated heterocycles. The lowest BCUT2D eigenvalue weighted by molar-refractivity contribution is -0.274. The molecule has 2 aromatic carbocycles. The highest BCUT2D eigenvalue weighted by Crippen LogP contribution is 2.50.